The van der Waals surface area contributed by atoms with Crippen LogP contribution in [-0.2, 0) is 6.54 Å². The average Bonchev–Trinajstić information content (AvgIpc) is 3.08. The highest BCUT2D eigenvalue weighted by atomic mass is 19.2. The maximum atomic E-state index is 13.1. The second kappa shape index (κ2) is 5.40. The van der Waals surface area contributed by atoms with Gasteiger partial charge in [0, 0.05) is 23.9 Å². The zero-order valence-electron chi connectivity index (χ0n) is 11.3. The molecular weight excluding hydrogens is 276 g/mol. The highest BCUT2D eigenvalue weighted by molar-refractivity contribution is 5.57. The Bertz CT molecular complexity index is 764. The van der Waals surface area contributed by atoms with E-state index in [2.05, 4.69) is 15.5 Å². The standard InChI is InChI=1S/C15H13F2N3O/c1-9-2-5-14(21-9)15-10(8-19-20-15)7-18-11-3-4-12(16)13(17)6-11/h2-6,8,18H,7H2,1H3,(H,19,20). The molecular formula is C15H13F2N3O. The van der Waals surface area contributed by atoms with E-state index in [1.54, 1.807) is 6.20 Å². The highest BCUT2D eigenvalue weighted by Crippen LogP contribution is 2.24. The number of hydrogen-bond acceptors (Lipinski definition) is 3. The van der Waals surface area contributed by atoms with Gasteiger partial charge in [-0.2, -0.15) is 5.10 Å². The summed E-state index contributed by atoms with van der Waals surface area (Å²) >= 11 is 0. The molecule has 0 spiro atoms. The van der Waals surface area contributed by atoms with Crippen molar-refractivity contribution < 1.29 is 13.2 Å². The summed E-state index contributed by atoms with van der Waals surface area (Å²) < 4.78 is 31.6. The Morgan fingerprint density at radius 3 is 2.76 bits per heavy atom. The number of nitrogens with one attached hydrogen (secondary N) is 2. The molecule has 0 bridgehead atoms. The zero-order valence-corrected chi connectivity index (χ0v) is 11.3. The van der Waals surface area contributed by atoms with Gasteiger partial charge in [0.25, 0.3) is 0 Å². The van der Waals surface area contributed by atoms with Gasteiger partial charge in [-0.25, -0.2) is 8.78 Å². The molecule has 6 heteroatoms. The number of benzene rings is 1. The number of halogens is 2. The lowest BCUT2D eigenvalue weighted by Gasteiger charge is -2.06. The van der Waals surface area contributed by atoms with E-state index < -0.39 is 11.6 Å². The largest absolute Gasteiger partial charge is 0.460 e. The van der Waals surface area contributed by atoms with Crippen molar-refractivity contribution >= 4 is 5.69 Å². The van der Waals surface area contributed by atoms with E-state index in [1.807, 2.05) is 19.1 Å². The van der Waals surface area contributed by atoms with Crippen LogP contribution in [0.1, 0.15) is 11.3 Å². The van der Waals surface area contributed by atoms with E-state index in [1.165, 1.54) is 6.07 Å². The smallest absolute Gasteiger partial charge is 0.160 e. The third-order valence-electron chi connectivity index (χ3n) is 3.11. The van der Waals surface area contributed by atoms with E-state index in [9.17, 15) is 8.78 Å². The fraction of sp³-hybridized carbons (Fsp3) is 0.133. The maximum Gasteiger partial charge on any atom is 0.160 e. The minimum absolute atomic E-state index is 0.413. The summed E-state index contributed by atoms with van der Waals surface area (Å²) in [6.45, 7) is 2.27. The molecule has 0 aliphatic carbocycles. The highest BCUT2D eigenvalue weighted by Gasteiger charge is 2.11. The predicted molar refractivity (Wildman–Crippen MR) is 74.7 cm³/mol. The Morgan fingerprint density at radius 2 is 2.05 bits per heavy atom. The van der Waals surface area contributed by atoms with E-state index in [4.69, 9.17) is 4.42 Å². The van der Waals surface area contributed by atoms with Gasteiger partial charge in [-0.3, -0.25) is 5.10 Å². The first-order valence-electron chi connectivity index (χ1n) is 6.41. The lowest BCUT2D eigenvalue weighted by atomic mass is 10.2. The Kier molecular flexibility index (Phi) is 3.43. The van der Waals surface area contributed by atoms with Crippen LogP contribution in [0.25, 0.3) is 11.5 Å². The third-order valence-corrected chi connectivity index (χ3v) is 3.11. The lowest BCUT2D eigenvalue weighted by Crippen LogP contribution is -2.00. The van der Waals surface area contributed by atoms with Crippen LogP contribution in [0, 0.1) is 18.6 Å². The number of H-pyrrole nitrogens is 1. The van der Waals surface area contributed by atoms with Crippen LogP contribution in [0.4, 0.5) is 14.5 Å². The number of rotatable bonds is 4. The molecule has 21 heavy (non-hydrogen) atoms. The SMILES string of the molecule is Cc1ccc(-c2[nH]ncc2CNc2ccc(F)c(F)c2)o1. The molecule has 2 N–H and O–H groups in total. The molecule has 4 nitrogen and oxygen atoms in total. The Labute approximate surface area is 119 Å². The minimum atomic E-state index is -0.880. The first-order valence-corrected chi connectivity index (χ1v) is 6.41. The summed E-state index contributed by atoms with van der Waals surface area (Å²) in [6.07, 6.45) is 1.67. The molecule has 108 valence electrons. The summed E-state index contributed by atoms with van der Waals surface area (Å²) in [5, 5.41) is 9.89. The minimum Gasteiger partial charge on any atom is -0.460 e. The van der Waals surface area contributed by atoms with Crippen molar-refractivity contribution in [2.45, 2.75) is 13.5 Å². The molecule has 1 aromatic carbocycles. The van der Waals surface area contributed by atoms with Crippen LogP contribution < -0.4 is 5.32 Å². The van der Waals surface area contributed by atoms with Crippen molar-refractivity contribution in [1.82, 2.24) is 10.2 Å². The fourth-order valence-electron chi connectivity index (χ4n) is 2.03. The average molecular weight is 289 g/mol. The summed E-state index contributed by atoms with van der Waals surface area (Å²) in [5.41, 5.74) is 2.13. The lowest BCUT2D eigenvalue weighted by molar-refractivity contribution is 0.509. The Hall–Kier alpha value is -2.63. The summed E-state index contributed by atoms with van der Waals surface area (Å²) in [5.74, 6) is -0.254. The van der Waals surface area contributed by atoms with Gasteiger partial charge in [-0.15, -0.1) is 0 Å². The van der Waals surface area contributed by atoms with E-state index in [0.29, 0.717) is 18.0 Å². The molecule has 0 aliphatic heterocycles. The van der Waals surface area contributed by atoms with Gasteiger partial charge in [0.15, 0.2) is 17.4 Å². The number of hydrogen-bond donors (Lipinski definition) is 2. The number of anilines is 1. The quantitative estimate of drug-likeness (QED) is 0.766. The number of aromatic amines is 1. The van der Waals surface area contributed by atoms with Crippen molar-refractivity contribution in [3.8, 4) is 11.5 Å². The van der Waals surface area contributed by atoms with Gasteiger partial charge in [0.05, 0.1) is 6.20 Å². The molecule has 3 rings (SSSR count). The van der Waals surface area contributed by atoms with Crippen molar-refractivity contribution in [2.24, 2.45) is 0 Å². The van der Waals surface area contributed by atoms with Gasteiger partial charge in [-0.1, -0.05) is 0 Å². The first kappa shape index (κ1) is 13.4. The van der Waals surface area contributed by atoms with Crippen molar-refractivity contribution in [3.63, 3.8) is 0 Å². The van der Waals surface area contributed by atoms with Crippen LogP contribution >= 0.6 is 0 Å². The van der Waals surface area contributed by atoms with Crippen LogP contribution in [0.3, 0.4) is 0 Å². The Balaban J connectivity index is 1.77. The van der Waals surface area contributed by atoms with Crippen molar-refractivity contribution in [2.75, 3.05) is 5.32 Å². The first-order chi connectivity index (χ1) is 10.1. The van der Waals surface area contributed by atoms with Crippen LogP contribution in [0.5, 0.6) is 0 Å². The maximum absolute atomic E-state index is 13.1. The number of furan rings is 1. The molecule has 2 aromatic heterocycles. The molecule has 3 aromatic rings. The Morgan fingerprint density at radius 1 is 1.19 bits per heavy atom. The predicted octanol–water partition coefficient (Wildman–Crippen LogP) is 3.87. The molecule has 0 atom stereocenters. The van der Waals surface area contributed by atoms with E-state index >= 15 is 0 Å². The van der Waals surface area contributed by atoms with Gasteiger partial charge in [-0.05, 0) is 31.2 Å². The van der Waals surface area contributed by atoms with Gasteiger partial charge >= 0.3 is 0 Å². The molecule has 0 unspecified atom stereocenters. The van der Waals surface area contributed by atoms with Crippen molar-refractivity contribution in [1.29, 1.82) is 0 Å². The second-order valence-corrected chi connectivity index (χ2v) is 4.66. The molecule has 0 saturated carbocycles. The van der Waals surface area contributed by atoms with Crippen molar-refractivity contribution in [3.05, 3.63) is 59.5 Å². The molecule has 0 saturated heterocycles. The summed E-state index contributed by atoms with van der Waals surface area (Å²) in [6, 6.07) is 7.40. The topological polar surface area (TPSA) is 53.9 Å². The van der Waals surface area contributed by atoms with Crippen LogP contribution in [-0.4, -0.2) is 10.2 Å². The summed E-state index contributed by atoms with van der Waals surface area (Å²) in [7, 11) is 0. The molecule has 0 aliphatic rings. The van der Waals surface area contributed by atoms with Crippen LogP contribution in [0.15, 0.2) is 40.9 Å². The number of nitrogens with zero attached hydrogens (tertiary/aromatic N) is 1. The molecule has 0 radical (unpaired) electrons. The van der Waals surface area contributed by atoms with Gasteiger partial charge in [0.2, 0.25) is 0 Å². The number of aromatic nitrogens is 2. The monoisotopic (exact) mass is 289 g/mol. The van der Waals surface area contributed by atoms with E-state index in [0.717, 1.165) is 29.2 Å². The molecule has 0 amide bonds. The van der Waals surface area contributed by atoms with Gasteiger partial charge in [0.1, 0.15) is 11.5 Å². The zero-order chi connectivity index (χ0) is 14.8. The summed E-state index contributed by atoms with van der Waals surface area (Å²) in [4.78, 5) is 0. The van der Waals surface area contributed by atoms with Gasteiger partial charge < -0.3 is 9.73 Å². The second-order valence-electron chi connectivity index (χ2n) is 4.66. The normalized spacial score (nSPS) is 10.8. The number of aryl methyl sites for hydroxylation is 1. The molecule has 0 fully saturated rings. The van der Waals surface area contributed by atoms with Crippen LogP contribution in [0.2, 0.25) is 0 Å². The third kappa shape index (κ3) is 2.79. The molecule has 2 heterocycles. The van der Waals surface area contributed by atoms with E-state index in [-0.39, 0.29) is 0 Å². The fourth-order valence-corrected chi connectivity index (χ4v) is 2.03.